The van der Waals surface area contributed by atoms with E-state index in [1.165, 1.54) is 0 Å². The van der Waals surface area contributed by atoms with Crippen molar-refractivity contribution < 1.29 is 19.7 Å². The fraction of sp³-hybridized carbons (Fsp3) is 0.133. The topological polar surface area (TPSA) is 78.8 Å². The lowest BCUT2D eigenvalue weighted by molar-refractivity contribution is -0.137. The second kappa shape index (κ2) is 5.97. The van der Waals surface area contributed by atoms with Crippen LogP contribution in [-0.4, -0.2) is 22.2 Å². The van der Waals surface area contributed by atoms with Gasteiger partial charge in [-0.1, -0.05) is 0 Å². The van der Waals surface area contributed by atoms with Crippen LogP contribution in [0.5, 0.6) is 17.2 Å². The Morgan fingerprint density at radius 1 is 1.05 bits per heavy atom. The standard InChI is InChI=1S/C15H15NO4/c1-10(15(18)19)16-11-2-6-13(7-3-11)20-14-8-4-12(17)5-9-14/h2-10,16-17H,1H3,(H,18,19). The number of aliphatic carboxylic acids is 1. The van der Waals surface area contributed by atoms with Crippen LogP contribution >= 0.6 is 0 Å². The number of phenolic OH excluding ortho intramolecular Hbond substituents is 1. The molecule has 0 aliphatic rings. The van der Waals surface area contributed by atoms with Crippen LogP contribution in [0.25, 0.3) is 0 Å². The quantitative estimate of drug-likeness (QED) is 0.780. The number of hydrogen-bond donors (Lipinski definition) is 3. The Labute approximate surface area is 116 Å². The molecule has 2 rings (SSSR count). The lowest BCUT2D eigenvalue weighted by Gasteiger charge is -2.11. The highest BCUT2D eigenvalue weighted by Gasteiger charge is 2.09. The van der Waals surface area contributed by atoms with E-state index in [-0.39, 0.29) is 5.75 Å². The molecule has 0 fully saturated rings. The molecular weight excluding hydrogens is 258 g/mol. The summed E-state index contributed by atoms with van der Waals surface area (Å²) >= 11 is 0. The molecule has 104 valence electrons. The van der Waals surface area contributed by atoms with Crippen molar-refractivity contribution in [3.8, 4) is 17.2 Å². The number of carbonyl (C=O) groups is 1. The third-order valence-corrected chi connectivity index (χ3v) is 2.68. The van der Waals surface area contributed by atoms with E-state index in [1.807, 2.05) is 0 Å². The van der Waals surface area contributed by atoms with E-state index in [0.29, 0.717) is 17.2 Å². The third kappa shape index (κ3) is 3.65. The molecule has 20 heavy (non-hydrogen) atoms. The number of aromatic hydroxyl groups is 1. The Balaban J connectivity index is 2.01. The van der Waals surface area contributed by atoms with Gasteiger partial charge in [0.1, 0.15) is 23.3 Å². The van der Waals surface area contributed by atoms with Gasteiger partial charge in [0.2, 0.25) is 0 Å². The Morgan fingerprint density at radius 2 is 1.55 bits per heavy atom. The first-order chi connectivity index (χ1) is 9.54. The van der Waals surface area contributed by atoms with Gasteiger partial charge >= 0.3 is 5.97 Å². The van der Waals surface area contributed by atoms with E-state index in [4.69, 9.17) is 9.84 Å². The van der Waals surface area contributed by atoms with Crippen molar-refractivity contribution in [1.82, 2.24) is 0 Å². The van der Waals surface area contributed by atoms with Crippen molar-refractivity contribution in [2.45, 2.75) is 13.0 Å². The van der Waals surface area contributed by atoms with Gasteiger partial charge in [0.05, 0.1) is 0 Å². The number of nitrogens with one attached hydrogen (secondary N) is 1. The molecule has 0 spiro atoms. The minimum Gasteiger partial charge on any atom is -0.508 e. The van der Waals surface area contributed by atoms with Crippen molar-refractivity contribution in [3.05, 3.63) is 48.5 Å². The van der Waals surface area contributed by atoms with E-state index in [0.717, 1.165) is 0 Å². The van der Waals surface area contributed by atoms with Crippen LogP contribution in [0.15, 0.2) is 48.5 Å². The molecule has 3 N–H and O–H groups in total. The minimum absolute atomic E-state index is 0.180. The molecule has 5 heteroatoms. The normalized spacial score (nSPS) is 11.7. The van der Waals surface area contributed by atoms with Crippen LogP contribution in [0, 0.1) is 0 Å². The maximum Gasteiger partial charge on any atom is 0.325 e. The molecule has 0 radical (unpaired) electrons. The number of hydrogen-bond acceptors (Lipinski definition) is 4. The van der Waals surface area contributed by atoms with Crippen LogP contribution in [0.1, 0.15) is 6.92 Å². The maximum atomic E-state index is 10.7. The first kappa shape index (κ1) is 13.7. The molecule has 1 unspecified atom stereocenters. The Hall–Kier alpha value is -2.69. The van der Waals surface area contributed by atoms with E-state index >= 15 is 0 Å². The fourth-order valence-electron chi connectivity index (χ4n) is 1.58. The van der Waals surface area contributed by atoms with Crippen molar-refractivity contribution >= 4 is 11.7 Å². The summed E-state index contributed by atoms with van der Waals surface area (Å²) in [6.45, 7) is 1.57. The summed E-state index contributed by atoms with van der Waals surface area (Å²) in [5, 5.41) is 20.8. The van der Waals surface area contributed by atoms with Gasteiger partial charge in [0.15, 0.2) is 0 Å². The highest BCUT2D eigenvalue weighted by Crippen LogP contribution is 2.24. The number of phenols is 1. The monoisotopic (exact) mass is 273 g/mol. The van der Waals surface area contributed by atoms with E-state index in [1.54, 1.807) is 55.5 Å². The van der Waals surface area contributed by atoms with Gasteiger partial charge in [-0.3, -0.25) is 4.79 Å². The Morgan fingerprint density at radius 3 is 2.05 bits per heavy atom. The summed E-state index contributed by atoms with van der Waals surface area (Å²) in [7, 11) is 0. The molecule has 5 nitrogen and oxygen atoms in total. The molecule has 0 aromatic heterocycles. The zero-order valence-electron chi connectivity index (χ0n) is 10.9. The summed E-state index contributed by atoms with van der Waals surface area (Å²) < 4.78 is 5.59. The molecule has 0 aliphatic carbocycles. The van der Waals surface area contributed by atoms with Crippen LogP contribution in [0.2, 0.25) is 0 Å². The predicted molar refractivity (Wildman–Crippen MR) is 75.3 cm³/mol. The molecule has 0 heterocycles. The maximum absolute atomic E-state index is 10.7. The van der Waals surface area contributed by atoms with Crippen LogP contribution in [0.4, 0.5) is 5.69 Å². The fourth-order valence-corrected chi connectivity index (χ4v) is 1.58. The van der Waals surface area contributed by atoms with E-state index < -0.39 is 12.0 Å². The van der Waals surface area contributed by atoms with Gasteiger partial charge in [-0.25, -0.2) is 0 Å². The highest BCUT2D eigenvalue weighted by molar-refractivity contribution is 5.76. The summed E-state index contributed by atoms with van der Waals surface area (Å²) in [5.41, 5.74) is 0.706. The molecule has 2 aromatic rings. The molecule has 1 atom stereocenters. The summed E-state index contributed by atoms with van der Waals surface area (Å²) in [6.07, 6.45) is 0. The molecule has 0 aliphatic heterocycles. The van der Waals surface area contributed by atoms with Gasteiger partial charge in [-0.2, -0.15) is 0 Å². The van der Waals surface area contributed by atoms with Crippen LogP contribution in [-0.2, 0) is 4.79 Å². The van der Waals surface area contributed by atoms with E-state index in [9.17, 15) is 9.90 Å². The number of carboxylic acid groups (broad SMARTS) is 1. The molecule has 0 amide bonds. The van der Waals surface area contributed by atoms with Gasteiger partial charge in [-0.05, 0) is 55.5 Å². The van der Waals surface area contributed by atoms with Crippen molar-refractivity contribution in [1.29, 1.82) is 0 Å². The summed E-state index contributed by atoms with van der Waals surface area (Å²) in [6, 6.07) is 12.7. The van der Waals surface area contributed by atoms with Crippen molar-refractivity contribution in [3.63, 3.8) is 0 Å². The van der Waals surface area contributed by atoms with Gasteiger partial charge < -0.3 is 20.3 Å². The number of carboxylic acids is 1. The zero-order chi connectivity index (χ0) is 14.5. The Bertz CT molecular complexity index is 578. The third-order valence-electron chi connectivity index (χ3n) is 2.68. The van der Waals surface area contributed by atoms with Gasteiger partial charge in [0, 0.05) is 5.69 Å². The minimum atomic E-state index is -0.908. The van der Waals surface area contributed by atoms with Crippen molar-refractivity contribution in [2.24, 2.45) is 0 Å². The van der Waals surface area contributed by atoms with Gasteiger partial charge in [-0.15, -0.1) is 0 Å². The zero-order valence-corrected chi connectivity index (χ0v) is 10.9. The lowest BCUT2D eigenvalue weighted by Crippen LogP contribution is -2.25. The summed E-state index contributed by atoms with van der Waals surface area (Å²) in [4.78, 5) is 10.7. The largest absolute Gasteiger partial charge is 0.508 e. The first-order valence-electron chi connectivity index (χ1n) is 6.11. The van der Waals surface area contributed by atoms with E-state index in [2.05, 4.69) is 5.32 Å². The smallest absolute Gasteiger partial charge is 0.325 e. The molecule has 2 aromatic carbocycles. The number of anilines is 1. The molecule has 0 bridgehead atoms. The number of ether oxygens (including phenoxy) is 1. The second-order valence-electron chi connectivity index (χ2n) is 4.32. The molecule has 0 saturated carbocycles. The number of rotatable bonds is 5. The summed E-state index contributed by atoms with van der Waals surface area (Å²) in [5.74, 6) is 0.514. The van der Waals surface area contributed by atoms with Crippen LogP contribution < -0.4 is 10.1 Å². The number of benzene rings is 2. The van der Waals surface area contributed by atoms with Crippen LogP contribution in [0.3, 0.4) is 0 Å². The second-order valence-corrected chi connectivity index (χ2v) is 4.32. The average Bonchev–Trinajstić information content (AvgIpc) is 2.43. The van der Waals surface area contributed by atoms with Gasteiger partial charge in [0.25, 0.3) is 0 Å². The highest BCUT2D eigenvalue weighted by atomic mass is 16.5. The van der Waals surface area contributed by atoms with Crippen molar-refractivity contribution in [2.75, 3.05) is 5.32 Å². The first-order valence-corrected chi connectivity index (χ1v) is 6.11. The predicted octanol–water partition coefficient (Wildman–Crippen LogP) is 3.07. The average molecular weight is 273 g/mol. The molecular formula is C15H15NO4. The molecule has 0 saturated heterocycles. The lowest BCUT2D eigenvalue weighted by atomic mass is 10.2. The Kier molecular flexibility index (Phi) is 4.10. The SMILES string of the molecule is CC(Nc1ccc(Oc2ccc(O)cc2)cc1)C(=O)O.